The fraction of sp³-hybridized carbons (Fsp3) is 0.154. The van der Waals surface area contributed by atoms with E-state index >= 15 is 0 Å². The quantitative estimate of drug-likeness (QED) is 0.275. The van der Waals surface area contributed by atoms with E-state index in [0.717, 1.165) is 0 Å². The third kappa shape index (κ3) is 5.32. The van der Waals surface area contributed by atoms with Gasteiger partial charge in [-0.05, 0) is 55.0 Å². The van der Waals surface area contributed by atoms with E-state index in [4.69, 9.17) is 25.8 Å². The number of rotatable bonds is 9. The highest BCUT2D eigenvalue weighted by molar-refractivity contribution is 6.32. The number of para-hydroxylation sites is 2. The highest BCUT2D eigenvalue weighted by atomic mass is 35.5. The molecule has 2 amide bonds. The first-order chi connectivity index (χ1) is 16.6. The predicted octanol–water partition coefficient (Wildman–Crippen LogP) is 4.66. The number of benzene rings is 3. The average molecular weight is 479 g/mol. The van der Waals surface area contributed by atoms with Crippen LogP contribution in [0.2, 0.25) is 5.02 Å². The maximum Gasteiger partial charge on any atom is 0.282 e. The van der Waals surface area contributed by atoms with Crippen LogP contribution in [0.25, 0.3) is 6.08 Å². The standard InChI is InChI=1S/C26H23ClN2O5/c1-2-32-24-17-18(12-13-23(24)34-15-14-33-22-11-7-6-10-21(22)27)16-20-25(30)28-29(26(20)31)19-8-4-3-5-9-19/h3-13,16-17H,2,14-15H2,1H3,(H,28,30)/b20-16+. The number of hydrogen-bond acceptors (Lipinski definition) is 5. The third-order valence-corrected chi connectivity index (χ3v) is 5.23. The van der Waals surface area contributed by atoms with Gasteiger partial charge in [-0.25, -0.2) is 5.01 Å². The summed E-state index contributed by atoms with van der Waals surface area (Å²) >= 11 is 6.09. The van der Waals surface area contributed by atoms with Crippen molar-refractivity contribution >= 4 is 35.2 Å². The van der Waals surface area contributed by atoms with E-state index in [1.807, 2.05) is 25.1 Å². The van der Waals surface area contributed by atoms with Crippen molar-refractivity contribution in [1.29, 1.82) is 0 Å². The van der Waals surface area contributed by atoms with Gasteiger partial charge in [-0.15, -0.1) is 0 Å². The minimum Gasteiger partial charge on any atom is -0.490 e. The monoisotopic (exact) mass is 478 g/mol. The van der Waals surface area contributed by atoms with Gasteiger partial charge < -0.3 is 14.2 Å². The van der Waals surface area contributed by atoms with Crippen molar-refractivity contribution in [3.8, 4) is 17.2 Å². The van der Waals surface area contributed by atoms with Crippen LogP contribution in [0, 0.1) is 0 Å². The number of nitrogens with zero attached hydrogens (tertiary/aromatic N) is 1. The maximum absolute atomic E-state index is 12.8. The van der Waals surface area contributed by atoms with E-state index in [1.54, 1.807) is 54.6 Å². The Morgan fingerprint density at radius 1 is 0.853 bits per heavy atom. The average Bonchev–Trinajstić information content (AvgIpc) is 3.13. The number of carbonyl (C=O) groups is 2. The van der Waals surface area contributed by atoms with Gasteiger partial charge in [0.05, 0.1) is 17.3 Å². The molecule has 0 atom stereocenters. The number of hydrazine groups is 1. The Labute approximate surface area is 202 Å². The normalized spacial score (nSPS) is 14.3. The molecule has 0 bridgehead atoms. The van der Waals surface area contributed by atoms with Crippen LogP contribution < -0.4 is 24.6 Å². The summed E-state index contributed by atoms with van der Waals surface area (Å²) in [6.45, 7) is 2.86. The van der Waals surface area contributed by atoms with Gasteiger partial charge in [0.15, 0.2) is 11.5 Å². The number of carbonyl (C=O) groups excluding carboxylic acids is 2. The van der Waals surface area contributed by atoms with Gasteiger partial charge in [0.2, 0.25) is 0 Å². The molecule has 34 heavy (non-hydrogen) atoms. The molecule has 0 radical (unpaired) electrons. The molecule has 4 rings (SSSR count). The molecule has 0 spiro atoms. The summed E-state index contributed by atoms with van der Waals surface area (Å²) in [5.41, 5.74) is 3.85. The van der Waals surface area contributed by atoms with Crippen molar-refractivity contribution in [2.75, 3.05) is 24.8 Å². The highest BCUT2D eigenvalue weighted by Gasteiger charge is 2.34. The Morgan fingerprint density at radius 2 is 1.56 bits per heavy atom. The second-order valence-electron chi connectivity index (χ2n) is 7.24. The molecular formula is C26H23ClN2O5. The first kappa shape index (κ1) is 23.2. The summed E-state index contributed by atoms with van der Waals surface area (Å²) in [7, 11) is 0. The van der Waals surface area contributed by atoms with Gasteiger partial charge in [0, 0.05) is 0 Å². The number of ether oxygens (including phenoxy) is 3. The van der Waals surface area contributed by atoms with Gasteiger partial charge in [-0.2, -0.15) is 0 Å². The second kappa shape index (κ2) is 10.8. The van der Waals surface area contributed by atoms with E-state index in [1.165, 1.54) is 11.1 Å². The van der Waals surface area contributed by atoms with Crippen LogP contribution >= 0.6 is 11.6 Å². The Hall–Kier alpha value is -3.97. The molecule has 3 aromatic carbocycles. The summed E-state index contributed by atoms with van der Waals surface area (Å²) in [6.07, 6.45) is 1.54. The maximum atomic E-state index is 12.8. The Balaban J connectivity index is 1.45. The molecule has 0 saturated carbocycles. The molecule has 1 saturated heterocycles. The van der Waals surface area contributed by atoms with E-state index < -0.39 is 11.8 Å². The summed E-state index contributed by atoms with van der Waals surface area (Å²) < 4.78 is 17.2. The van der Waals surface area contributed by atoms with Crippen LogP contribution in [0.15, 0.2) is 78.4 Å². The molecular weight excluding hydrogens is 456 g/mol. The Kier molecular flexibility index (Phi) is 7.34. The van der Waals surface area contributed by atoms with E-state index in [9.17, 15) is 9.59 Å². The van der Waals surface area contributed by atoms with Gasteiger partial charge in [0.25, 0.3) is 11.8 Å². The third-order valence-electron chi connectivity index (χ3n) is 4.92. The van der Waals surface area contributed by atoms with Crippen molar-refractivity contribution in [3.05, 3.63) is 89.0 Å². The van der Waals surface area contributed by atoms with Crippen molar-refractivity contribution in [1.82, 2.24) is 5.43 Å². The zero-order valence-corrected chi connectivity index (χ0v) is 19.2. The predicted molar refractivity (Wildman–Crippen MR) is 130 cm³/mol. The van der Waals surface area contributed by atoms with Crippen LogP contribution in [-0.2, 0) is 9.59 Å². The molecule has 174 valence electrons. The Bertz CT molecular complexity index is 1210. The number of anilines is 1. The molecule has 0 aromatic heterocycles. The summed E-state index contributed by atoms with van der Waals surface area (Å²) in [6, 6.07) is 21.4. The first-order valence-electron chi connectivity index (χ1n) is 10.8. The number of nitrogens with one attached hydrogen (secondary N) is 1. The van der Waals surface area contributed by atoms with Crippen molar-refractivity contribution < 1.29 is 23.8 Å². The minimum absolute atomic E-state index is 0.0353. The van der Waals surface area contributed by atoms with E-state index in [2.05, 4.69) is 5.43 Å². The lowest BCUT2D eigenvalue weighted by Crippen LogP contribution is -2.35. The molecule has 0 unspecified atom stereocenters. The van der Waals surface area contributed by atoms with Gasteiger partial charge in [-0.3, -0.25) is 15.0 Å². The van der Waals surface area contributed by atoms with Crippen molar-refractivity contribution in [2.24, 2.45) is 0 Å². The molecule has 1 aliphatic heterocycles. The van der Waals surface area contributed by atoms with E-state index in [0.29, 0.717) is 46.7 Å². The SMILES string of the molecule is CCOc1cc(/C=C2\C(=O)NN(c3ccccc3)C2=O)ccc1OCCOc1ccccc1Cl. The minimum atomic E-state index is -0.469. The number of hydrogen-bond donors (Lipinski definition) is 1. The molecule has 1 N–H and O–H groups in total. The van der Waals surface area contributed by atoms with Gasteiger partial charge >= 0.3 is 0 Å². The summed E-state index contributed by atoms with van der Waals surface area (Å²) in [4.78, 5) is 25.3. The number of halogens is 1. The molecule has 1 fully saturated rings. The molecule has 8 heteroatoms. The van der Waals surface area contributed by atoms with Crippen molar-refractivity contribution in [2.45, 2.75) is 6.92 Å². The fourth-order valence-electron chi connectivity index (χ4n) is 3.35. The van der Waals surface area contributed by atoms with Crippen LogP contribution in [0.4, 0.5) is 5.69 Å². The second-order valence-corrected chi connectivity index (χ2v) is 7.65. The van der Waals surface area contributed by atoms with Gasteiger partial charge in [0.1, 0.15) is 24.5 Å². The topological polar surface area (TPSA) is 77.1 Å². The fourth-order valence-corrected chi connectivity index (χ4v) is 3.54. The number of amides is 2. The summed E-state index contributed by atoms with van der Waals surface area (Å²) in [5, 5.41) is 1.76. The lowest BCUT2D eigenvalue weighted by Gasteiger charge is -2.14. The zero-order chi connectivity index (χ0) is 23.9. The summed E-state index contributed by atoms with van der Waals surface area (Å²) in [5.74, 6) is 0.721. The highest BCUT2D eigenvalue weighted by Crippen LogP contribution is 2.30. The van der Waals surface area contributed by atoms with Crippen LogP contribution in [0.5, 0.6) is 17.2 Å². The van der Waals surface area contributed by atoms with Crippen LogP contribution in [0.1, 0.15) is 12.5 Å². The van der Waals surface area contributed by atoms with Crippen LogP contribution in [-0.4, -0.2) is 31.6 Å². The zero-order valence-electron chi connectivity index (χ0n) is 18.5. The first-order valence-corrected chi connectivity index (χ1v) is 11.1. The van der Waals surface area contributed by atoms with E-state index in [-0.39, 0.29) is 12.2 Å². The molecule has 7 nitrogen and oxygen atoms in total. The smallest absolute Gasteiger partial charge is 0.282 e. The Morgan fingerprint density at radius 3 is 2.29 bits per heavy atom. The molecule has 1 heterocycles. The largest absolute Gasteiger partial charge is 0.490 e. The lowest BCUT2D eigenvalue weighted by atomic mass is 10.1. The van der Waals surface area contributed by atoms with Gasteiger partial charge in [-0.1, -0.05) is 48.0 Å². The van der Waals surface area contributed by atoms with Crippen LogP contribution in [0.3, 0.4) is 0 Å². The molecule has 0 aliphatic carbocycles. The molecule has 3 aromatic rings. The molecule has 1 aliphatic rings. The lowest BCUT2D eigenvalue weighted by molar-refractivity contribution is -0.117. The van der Waals surface area contributed by atoms with Crippen molar-refractivity contribution in [3.63, 3.8) is 0 Å².